The fourth-order valence-corrected chi connectivity index (χ4v) is 5.26. The zero-order valence-corrected chi connectivity index (χ0v) is 20.6. The topological polar surface area (TPSA) is 70.4 Å². The van der Waals surface area contributed by atoms with Gasteiger partial charge in [0.25, 0.3) is 0 Å². The van der Waals surface area contributed by atoms with E-state index in [1.54, 1.807) is 24.4 Å². The Morgan fingerprint density at radius 3 is 2.43 bits per heavy atom. The number of rotatable bonds is 5. The molecule has 2 N–H and O–H groups in total. The summed E-state index contributed by atoms with van der Waals surface area (Å²) in [5.41, 5.74) is 7.32. The smallest absolute Gasteiger partial charge is 0.335 e. The molecule has 1 aliphatic rings. The van der Waals surface area contributed by atoms with Crippen molar-refractivity contribution in [3.8, 4) is 5.69 Å². The van der Waals surface area contributed by atoms with E-state index in [1.165, 1.54) is 5.56 Å². The summed E-state index contributed by atoms with van der Waals surface area (Å²) in [5, 5.41) is 13.7. The minimum atomic E-state index is -0.944. The third kappa shape index (κ3) is 4.08. The van der Waals surface area contributed by atoms with Crippen molar-refractivity contribution in [3.05, 3.63) is 113 Å². The molecule has 0 radical (unpaired) electrons. The first-order valence-electron chi connectivity index (χ1n) is 11.4. The van der Waals surface area contributed by atoms with Crippen LogP contribution in [0.2, 0.25) is 0 Å². The molecule has 0 bridgehead atoms. The molecule has 4 aromatic rings. The van der Waals surface area contributed by atoms with E-state index in [1.807, 2.05) is 31.2 Å². The number of aryl methyl sites for hydroxylation is 2. The molecule has 0 amide bonds. The number of anilines is 1. The summed E-state index contributed by atoms with van der Waals surface area (Å²) in [5.74, 6) is -0.944. The van der Waals surface area contributed by atoms with Crippen molar-refractivity contribution < 1.29 is 9.90 Å². The van der Waals surface area contributed by atoms with Gasteiger partial charge in [-0.25, -0.2) is 4.79 Å². The Hall–Kier alpha value is -3.97. The summed E-state index contributed by atoms with van der Waals surface area (Å²) < 4.78 is 2.10. The van der Waals surface area contributed by atoms with Crippen molar-refractivity contribution in [2.24, 2.45) is 0 Å². The number of carboxylic acid groups (broad SMARTS) is 1. The van der Waals surface area contributed by atoms with Crippen LogP contribution in [0.3, 0.4) is 0 Å². The predicted octanol–water partition coefficient (Wildman–Crippen LogP) is 5.67. The third-order valence-electron chi connectivity index (χ3n) is 6.55. The number of hydrogen-bond acceptors (Lipinski definition) is 3. The summed E-state index contributed by atoms with van der Waals surface area (Å²) in [4.78, 5) is 18.4. The number of hydrogen-bond donors (Lipinski definition) is 2. The van der Waals surface area contributed by atoms with Crippen LogP contribution in [0.25, 0.3) is 5.69 Å². The second kappa shape index (κ2) is 9.00. The molecular formula is C28H26N4O2S. The number of benzene rings is 2. The lowest BCUT2D eigenvalue weighted by Crippen LogP contribution is -2.29. The minimum absolute atomic E-state index is 0.136. The molecule has 1 aliphatic heterocycles. The average molecular weight is 483 g/mol. The zero-order valence-electron chi connectivity index (χ0n) is 19.8. The molecule has 1 fully saturated rings. The van der Waals surface area contributed by atoms with Gasteiger partial charge in [-0.2, -0.15) is 0 Å². The van der Waals surface area contributed by atoms with E-state index < -0.39 is 5.97 Å². The first kappa shape index (κ1) is 22.8. The van der Waals surface area contributed by atoms with E-state index in [4.69, 9.17) is 12.2 Å². The van der Waals surface area contributed by atoms with Crippen LogP contribution in [0.15, 0.2) is 79.0 Å². The number of aromatic carboxylic acids is 1. The van der Waals surface area contributed by atoms with E-state index in [-0.39, 0.29) is 17.6 Å². The van der Waals surface area contributed by atoms with Crippen molar-refractivity contribution in [3.63, 3.8) is 0 Å². The molecule has 176 valence electrons. The van der Waals surface area contributed by atoms with Gasteiger partial charge in [-0.3, -0.25) is 4.98 Å². The predicted molar refractivity (Wildman–Crippen MR) is 141 cm³/mol. The lowest BCUT2D eigenvalue weighted by Gasteiger charge is -2.28. The number of aromatic nitrogens is 2. The van der Waals surface area contributed by atoms with Gasteiger partial charge in [0.1, 0.15) is 0 Å². The van der Waals surface area contributed by atoms with Crippen LogP contribution in [0.5, 0.6) is 0 Å². The van der Waals surface area contributed by atoms with E-state index in [2.05, 4.69) is 63.9 Å². The molecule has 2 aromatic heterocycles. The SMILES string of the molecule is Cc1ccc(N2C(=S)N[C@@H](c3ccccn3)[C@@H]2c2cc(C)n(-c3cccc(C(=O)O)c3)c2C)cc1. The molecule has 2 aromatic carbocycles. The van der Waals surface area contributed by atoms with Crippen molar-refractivity contribution in [1.82, 2.24) is 14.9 Å². The van der Waals surface area contributed by atoms with Gasteiger partial charge in [0.15, 0.2) is 5.11 Å². The van der Waals surface area contributed by atoms with E-state index in [9.17, 15) is 9.90 Å². The highest BCUT2D eigenvalue weighted by molar-refractivity contribution is 7.80. The largest absolute Gasteiger partial charge is 0.478 e. The van der Waals surface area contributed by atoms with Crippen molar-refractivity contribution in [1.29, 1.82) is 0 Å². The Bertz CT molecular complexity index is 1410. The van der Waals surface area contributed by atoms with Gasteiger partial charge in [0, 0.05) is 29.0 Å². The fourth-order valence-electron chi connectivity index (χ4n) is 4.92. The molecule has 0 aliphatic carbocycles. The molecule has 3 heterocycles. The first-order valence-corrected chi connectivity index (χ1v) is 11.9. The summed E-state index contributed by atoms with van der Waals surface area (Å²) in [6.45, 7) is 6.17. The Kier molecular flexibility index (Phi) is 5.86. The van der Waals surface area contributed by atoms with Gasteiger partial charge < -0.3 is 19.9 Å². The standard InChI is InChI=1S/C28H26N4O2S/c1-17-10-12-21(13-11-17)32-26(25(30-28(32)35)24-9-4-5-14-29-24)23-15-18(2)31(19(23)3)22-8-6-7-20(16-22)27(33)34/h4-16,25-26H,1-3H3,(H,30,35)(H,33,34)/t25-,26-/m0/s1. The molecule has 1 saturated heterocycles. The molecule has 6 nitrogen and oxygen atoms in total. The van der Waals surface area contributed by atoms with Gasteiger partial charge in [0.2, 0.25) is 0 Å². The van der Waals surface area contributed by atoms with Crippen LogP contribution >= 0.6 is 12.2 Å². The summed E-state index contributed by atoms with van der Waals surface area (Å²) >= 11 is 5.85. The normalized spacial score (nSPS) is 17.5. The maximum absolute atomic E-state index is 11.6. The van der Waals surface area contributed by atoms with Crippen molar-refractivity contribution >= 4 is 29.0 Å². The van der Waals surface area contributed by atoms with E-state index >= 15 is 0 Å². The molecule has 0 spiro atoms. The van der Waals surface area contributed by atoms with Crippen LogP contribution in [0.4, 0.5) is 5.69 Å². The summed E-state index contributed by atoms with van der Waals surface area (Å²) in [6, 6.07) is 23.2. The van der Waals surface area contributed by atoms with Gasteiger partial charge in [-0.1, -0.05) is 29.8 Å². The second-order valence-corrected chi connectivity index (χ2v) is 9.24. The maximum Gasteiger partial charge on any atom is 0.335 e. The number of carboxylic acids is 1. The lowest BCUT2D eigenvalue weighted by atomic mass is 9.96. The first-order chi connectivity index (χ1) is 16.8. The zero-order chi connectivity index (χ0) is 24.7. The Balaban J connectivity index is 1.67. The van der Waals surface area contributed by atoms with Crippen molar-refractivity contribution in [2.75, 3.05) is 4.90 Å². The van der Waals surface area contributed by atoms with Crippen molar-refractivity contribution in [2.45, 2.75) is 32.9 Å². The monoisotopic (exact) mass is 482 g/mol. The Morgan fingerprint density at radius 1 is 0.971 bits per heavy atom. The van der Waals surface area contributed by atoms with Crippen LogP contribution in [-0.2, 0) is 0 Å². The molecule has 7 heteroatoms. The Labute approximate surface area is 209 Å². The van der Waals surface area contributed by atoms with Crippen LogP contribution in [0.1, 0.15) is 50.7 Å². The number of thiocarbonyl (C=S) groups is 1. The molecule has 2 atom stereocenters. The highest BCUT2D eigenvalue weighted by atomic mass is 32.1. The van der Waals surface area contributed by atoms with Crippen LogP contribution in [-0.4, -0.2) is 25.7 Å². The molecular weight excluding hydrogens is 456 g/mol. The number of pyridine rings is 1. The maximum atomic E-state index is 11.6. The van der Waals surface area contributed by atoms with E-state index in [0.717, 1.165) is 34.0 Å². The van der Waals surface area contributed by atoms with Gasteiger partial charge >= 0.3 is 5.97 Å². The molecule has 0 unspecified atom stereocenters. The minimum Gasteiger partial charge on any atom is -0.478 e. The van der Waals surface area contributed by atoms with Crippen LogP contribution < -0.4 is 10.2 Å². The summed E-state index contributed by atoms with van der Waals surface area (Å²) in [6.07, 6.45) is 1.80. The fraction of sp³-hybridized carbons (Fsp3) is 0.179. The lowest BCUT2D eigenvalue weighted by molar-refractivity contribution is 0.0697. The second-order valence-electron chi connectivity index (χ2n) is 8.85. The highest BCUT2D eigenvalue weighted by Gasteiger charge is 2.42. The number of nitrogens with one attached hydrogen (secondary N) is 1. The number of nitrogens with zero attached hydrogens (tertiary/aromatic N) is 3. The van der Waals surface area contributed by atoms with Gasteiger partial charge in [-0.05, 0) is 87.1 Å². The van der Waals surface area contributed by atoms with Gasteiger partial charge in [0.05, 0.1) is 23.3 Å². The highest BCUT2D eigenvalue weighted by Crippen LogP contribution is 2.43. The number of carbonyl (C=O) groups is 1. The van der Waals surface area contributed by atoms with Crippen LogP contribution in [0, 0.1) is 20.8 Å². The average Bonchev–Trinajstić information content (AvgIpc) is 3.35. The van der Waals surface area contributed by atoms with E-state index in [0.29, 0.717) is 5.11 Å². The quantitative estimate of drug-likeness (QED) is 0.357. The third-order valence-corrected chi connectivity index (χ3v) is 6.87. The van der Waals surface area contributed by atoms with Gasteiger partial charge in [-0.15, -0.1) is 0 Å². The summed E-state index contributed by atoms with van der Waals surface area (Å²) in [7, 11) is 0. The molecule has 5 rings (SSSR count). The molecule has 35 heavy (non-hydrogen) atoms. The Morgan fingerprint density at radius 2 is 1.74 bits per heavy atom. The molecule has 0 saturated carbocycles.